The van der Waals surface area contributed by atoms with Crippen LogP contribution in [0.25, 0.3) is 11.4 Å². The summed E-state index contributed by atoms with van der Waals surface area (Å²) in [7, 11) is 0. The van der Waals surface area contributed by atoms with E-state index in [-0.39, 0.29) is 0 Å². The van der Waals surface area contributed by atoms with Crippen LogP contribution in [0, 0.1) is 0 Å². The molecule has 3 nitrogen and oxygen atoms in total. The smallest absolute Gasteiger partial charge is 0.153 e. The fraction of sp³-hybridized carbons (Fsp3) is 0.308. The number of imidazole rings is 1. The molecule has 5 heteroatoms. The predicted molar refractivity (Wildman–Crippen MR) is 71.9 cm³/mol. The first kappa shape index (κ1) is 12.0. The predicted octanol–water partition coefficient (Wildman–Crippen LogP) is 3.68. The van der Waals surface area contributed by atoms with Crippen LogP contribution in [0.15, 0.2) is 24.3 Å². The zero-order chi connectivity index (χ0) is 12.7. The van der Waals surface area contributed by atoms with E-state index in [1.165, 1.54) is 0 Å². The van der Waals surface area contributed by atoms with Gasteiger partial charge in [-0.05, 0) is 25.0 Å². The molecule has 0 saturated heterocycles. The molecule has 1 aliphatic heterocycles. The molecule has 0 bridgehead atoms. The highest BCUT2D eigenvalue weighted by Gasteiger charge is 2.26. The minimum absolute atomic E-state index is 0.372. The van der Waals surface area contributed by atoms with Gasteiger partial charge in [-0.15, -0.1) is 0 Å². The van der Waals surface area contributed by atoms with Crippen molar-refractivity contribution in [2.75, 3.05) is 0 Å². The minimum Gasteiger partial charge on any atom is -0.387 e. The highest BCUT2D eigenvalue weighted by Crippen LogP contribution is 2.37. The fourth-order valence-corrected chi connectivity index (χ4v) is 2.94. The summed E-state index contributed by atoms with van der Waals surface area (Å²) < 4.78 is 1.97. The summed E-state index contributed by atoms with van der Waals surface area (Å²) in [5, 5.41) is 11.0. The number of halogens is 2. The zero-order valence-corrected chi connectivity index (χ0v) is 11.1. The quantitative estimate of drug-likeness (QED) is 0.866. The highest BCUT2D eigenvalue weighted by molar-refractivity contribution is 6.33. The molecule has 1 aliphatic rings. The Balaban J connectivity index is 2.20. The zero-order valence-electron chi connectivity index (χ0n) is 9.61. The van der Waals surface area contributed by atoms with E-state index in [1.807, 2.05) is 28.8 Å². The van der Waals surface area contributed by atoms with E-state index in [0.29, 0.717) is 15.9 Å². The molecule has 0 saturated carbocycles. The second-order valence-electron chi connectivity index (χ2n) is 4.40. The molecule has 94 valence electrons. The lowest BCUT2D eigenvalue weighted by Gasteiger charge is -2.21. The normalized spacial score (nSPS) is 18.7. The van der Waals surface area contributed by atoms with Gasteiger partial charge in [0.25, 0.3) is 0 Å². The van der Waals surface area contributed by atoms with Crippen LogP contribution in [-0.4, -0.2) is 14.7 Å². The van der Waals surface area contributed by atoms with E-state index in [0.717, 1.165) is 30.8 Å². The first-order chi connectivity index (χ1) is 8.68. The van der Waals surface area contributed by atoms with Gasteiger partial charge in [0, 0.05) is 12.1 Å². The van der Waals surface area contributed by atoms with Crippen LogP contribution < -0.4 is 0 Å². The number of benzene rings is 1. The van der Waals surface area contributed by atoms with Crippen molar-refractivity contribution in [1.29, 1.82) is 0 Å². The molecule has 3 rings (SSSR count). The van der Waals surface area contributed by atoms with Gasteiger partial charge >= 0.3 is 0 Å². The molecule has 0 aliphatic carbocycles. The van der Waals surface area contributed by atoms with Crippen LogP contribution >= 0.6 is 23.2 Å². The van der Waals surface area contributed by atoms with Crippen LogP contribution in [0.5, 0.6) is 0 Å². The molecule has 18 heavy (non-hydrogen) atoms. The topological polar surface area (TPSA) is 38.0 Å². The van der Waals surface area contributed by atoms with Crippen molar-refractivity contribution in [2.24, 2.45) is 0 Å². The Morgan fingerprint density at radius 2 is 2.06 bits per heavy atom. The number of aliphatic hydroxyl groups excluding tert-OH is 1. The average molecular weight is 283 g/mol. The summed E-state index contributed by atoms with van der Waals surface area (Å²) >= 11 is 12.3. The van der Waals surface area contributed by atoms with Gasteiger partial charge in [0.05, 0.1) is 16.8 Å². The van der Waals surface area contributed by atoms with Gasteiger partial charge in [0.1, 0.15) is 5.82 Å². The number of rotatable bonds is 1. The first-order valence-electron chi connectivity index (χ1n) is 5.87. The maximum atomic E-state index is 9.99. The van der Waals surface area contributed by atoms with Crippen molar-refractivity contribution in [2.45, 2.75) is 25.5 Å². The van der Waals surface area contributed by atoms with Gasteiger partial charge in [-0.2, -0.15) is 0 Å². The van der Waals surface area contributed by atoms with Gasteiger partial charge < -0.3 is 9.67 Å². The summed E-state index contributed by atoms with van der Waals surface area (Å²) in [6.45, 7) is 0.812. The van der Waals surface area contributed by atoms with Crippen molar-refractivity contribution >= 4 is 23.2 Å². The Hall–Kier alpha value is -1.03. The van der Waals surface area contributed by atoms with Gasteiger partial charge in [0.15, 0.2) is 5.15 Å². The molecule has 2 heterocycles. The summed E-state index contributed by atoms with van der Waals surface area (Å²) in [5.74, 6) is 0.736. The minimum atomic E-state index is -0.532. The lowest BCUT2D eigenvalue weighted by Crippen LogP contribution is -2.15. The standard InChI is InChI=1S/C13H12Cl2N2O/c14-9-5-2-1-4-8(9)13-16-12(15)11-10(18)6-3-7-17(11)13/h1-2,4-5,10,18H,3,6-7H2. The third-order valence-electron chi connectivity index (χ3n) is 3.25. The number of aliphatic hydroxyl groups is 1. The molecule has 2 aromatic rings. The Bertz CT molecular complexity index is 595. The molecule has 0 spiro atoms. The Morgan fingerprint density at radius 1 is 1.28 bits per heavy atom. The molecular formula is C13H12Cl2N2O. The summed E-state index contributed by atoms with van der Waals surface area (Å²) in [4.78, 5) is 4.36. The van der Waals surface area contributed by atoms with Crippen LogP contribution in [-0.2, 0) is 6.54 Å². The molecule has 1 aromatic carbocycles. The molecule has 1 N–H and O–H groups in total. The van der Waals surface area contributed by atoms with E-state index in [2.05, 4.69) is 4.98 Å². The molecule has 0 fully saturated rings. The SMILES string of the molecule is OC1CCCn2c(-c3ccccc3Cl)nc(Cl)c21. The summed E-state index contributed by atoms with van der Waals surface area (Å²) in [5.41, 5.74) is 1.55. The summed E-state index contributed by atoms with van der Waals surface area (Å²) in [6, 6.07) is 7.53. The van der Waals surface area contributed by atoms with Crippen LogP contribution in [0.3, 0.4) is 0 Å². The lowest BCUT2D eigenvalue weighted by molar-refractivity contribution is 0.139. The largest absolute Gasteiger partial charge is 0.387 e. The van der Waals surface area contributed by atoms with Gasteiger partial charge in [-0.1, -0.05) is 35.3 Å². The van der Waals surface area contributed by atoms with Gasteiger partial charge in [-0.25, -0.2) is 4.98 Å². The van der Waals surface area contributed by atoms with Gasteiger partial charge in [0.2, 0.25) is 0 Å². The van der Waals surface area contributed by atoms with Crippen molar-refractivity contribution < 1.29 is 5.11 Å². The Labute approximate surface area is 115 Å². The first-order valence-corrected chi connectivity index (χ1v) is 6.63. The lowest BCUT2D eigenvalue weighted by atomic mass is 10.1. The molecule has 0 radical (unpaired) electrons. The number of aromatic nitrogens is 2. The maximum absolute atomic E-state index is 9.99. The Morgan fingerprint density at radius 3 is 2.83 bits per heavy atom. The van der Waals surface area contributed by atoms with E-state index < -0.39 is 6.10 Å². The number of fused-ring (bicyclic) bond motifs is 1. The van der Waals surface area contributed by atoms with Crippen LogP contribution in [0.4, 0.5) is 0 Å². The van der Waals surface area contributed by atoms with Crippen molar-refractivity contribution in [1.82, 2.24) is 9.55 Å². The molecule has 0 amide bonds. The second kappa shape index (κ2) is 4.57. The number of hydrogen-bond acceptors (Lipinski definition) is 2. The average Bonchev–Trinajstić information content (AvgIpc) is 2.69. The van der Waals surface area contributed by atoms with Gasteiger partial charge in [-0.3, -0.25) is 0 Å². The van der Waals surface area contributed by atoms with E-state index in [1.54, 1.807) is 0 Å². The fourth-order valence-electron chi connectivity index (χ4n) is 2.41. The van der Waals surface area contributed by atoms with E-state index >= 15 is 0 Å². The van der Waals surface area contributed by atoms with Crippen LogP contribution in [0.2, 0.25) is 10.2 Å². The van der Waals surface area contributed by atoms with Crippen molar-refractivity contribution in [3.05, 3.63) is 40.1 Å². The molecular weight excluding hydrogens is 271 g/mol. The number of nitrogens with zero attached hydrogens (tertiary/aromatic N) is 2. The van der Waals surface area contributed by atoms with Crippen molar-refractivity contribution in [3.63, 3.8) is 0 Å². The van der Waals surface area contributed by atoms with Crippen molar-refractivity contribution in [3.8, 4) is 11.4 Å². The molecule has 1 unspecified atom stereocenters. The third kappa shape index (κ3) is 1.83. The number of hydrogen-bond donors (Lipinski definition) is 1. The second-order valence-corrected chi connectivity index (χ2v) is 5.17. The molecule has 1 atom stereocenters. The third-order valence-corrected chi connectivity index (χ3v) is 3.86. The summed E-state index contributed by atoms with van der Waals surface area (Å²) in [6.07, 6.45) is 1.11. The van der Waals surface area contributed by atoms with E-state index in [9.17, 15) is 5.11 Å². The van der Waals surface area contributed by atoms with Crippen LogP contribution in [0.1, 0.15) is 24.6 Å². The monoisotopic (exact) mass is 282 g/mol. The van der Waals surface area contributed by atoms with E-state index in [4.69, 9.17) is 23.2 Å². The highest BCUT2D eigenvalue weighted by atomic mass is 35.5. The molecule has 1 aromatic heterocycles. The Kier molecular flexibility index (Phi) is 3.06. The maximum Gasteiger partial charge on any atom is 0.153 e.